The lowest BCUT2D eigenvalue weighted by Crippen LogP contribution is -2.10. The Morgan fingerprint density at radius 1 is 1.31 bits per heavy atom. The fourth-order valence-corrected chi connectivity index (χ4v) is 0.847. The Bertz CT molecular complexity index is 348. The van der Waals surface area contributed by atoms with Crippen molar-refractivity contribution in [1.29, 1.82) is 0 Å². The van der Waals surface area contributed by atoms with Gasteiger partial charge in [0.1, 0.15) is 0 Å². The number of carboxylic acids is 1. The maximum Gasteiger partial charge on any atom is 0.356 e. The molecular formula is C8H7NO4. The molecule has 0 atom stereocenters. The van der Waals surface area contributed by atoms with Gasteiger partial charge in [0, 0.05) is 0 Å². The summed E-state index contributed by atoms with van der Waals surface area (Å²) in [6.07, 6.45) is 0. The van der Waals surface area contributed by atoms with Crippen molar-refractivity contribution in [2.75, 3.05) is 0 Å². The number of hydrogen-bond donors (Lipinski definition) is 2. The van der Waals surface area contributed by atoms with E-state index in [1.165, 1.54) is 24.3 Å². The molecule has 5 nitrogen and oxygen atoms in total. The molecule has 1 rings (SSSR count). The smallest absolute Gasteiger partial charge is 0.356 e. The van der Waals surface area contributed by atoms with E-state index in [2.05, 4.69) is 10.7 Å². The van der Waals surface area contributed by atoms with Crippen molar-refractivity contribution < 1.29 is 19.5 Å². The number of rotatable bonds is 2. The van der Waals surface area contributed by atoms with Crippen molar-refractivity contribution in [3.63, 3.8) is 0 Å². The maximum atomic E-state index is 10.8. The Morgan fingerprint density at radius 2 is 1.92 bits per heavy atom. The van der Waals surface area contributed by atoms with Crippen LogP contribution in [-0.2, 0) is 4.84 Å². The molecule has 0 amide bonds. The summed E-state index contributed by atoms with van der Waals surface area (Å²) < 4.78 is 0. The lowest BCUT2D eigenvalue weighted by Gasteiger charge is -1.98. The van der Waals surface area contributed by atoms with Crippen LogP contribution in [0.15, 0.2) is 24.3 Å². The molecule has 0 heterocycles. The van der Waals surface area contributed by atoms with E-state index in [-0.39, 0.29) is 11.1 Å². The number of carboxylic acid groups (broad SMARTS) is 1. The minimum absolute atomic E-state index is 0.0166. The van der Waals surface area contributed by atoms with Crippen molar-refractivity contribution in [2.45, 2.75) is 0 Å². The van der Waals surface area contributed by atoms with Gasteiger partial charge >= 0.3 is 11.9 Å². The second kappa shape index (κ2) is 3.68. The van der Waals surface area contributed by atoms with Crippen LogP contribution >= 0.6 is 0 Å². The Kier molecular flexibility index (Phi) is 2.61. The first-order valence-electron chi connectivity index (χ1n) is 3.39. The molecule has 0 spiro atoms. The summed E-state index contributed by atoms with van der Waals surface area (Å²) in [4.78, 5) is 25.3. The SMILES string of the molecule is NOC(=O)c1cccc(C(=O)O)c1. The number of nitrogens with two attached hydrogens (primary N) is 1. The van der Waals surface area contributed by atoms with Gasteiger partial charge in [0.2, 0.25) is 0 Å². The van der Waals surface area contributed by atoms with Crippen LogP contribution in [0.4, 0.5) is 0 Å². The predicted molar refractivity (Wildman–Crippen MR) is 43.0 cm³/mol. The standard InChI is InChI=1S/C8H7NO4/c9-13-8(12)6-3-1-2-5(4-6)7(10)11/h1-4H,9H2,(H,10,11). The first-order valence-corrected chi connectivity index (χ1v) is 3.39. The highest BCUT2D eigenvalue weighted by Crippen LogP contribution is 2.05. The van der Waals surface area contributed by atoms with E-state index < -0.39 is 11.9 Å². The quantitative estimate of drug-likeness (QED) is 0.645. The van der Waals surface area contributed by atoms with Gasteiger partial charge in [-0.1, -0.05) is 6.07 Å². The van der Waals surface area contributed by atoms with Gasteiger partial charge in [-0.2, -0.15) is 5.90 Å². The Labute approximate surface area is 73.7 Å². The Hall–Kier alpha value is -1.88. The summed E-state index contributed by atoms with van der Waals surface area (Å²) in [6, 6.07) is 5.42. The second-order valence-electron chi connectivity index (χ2n) is 2.29. The van der Waals surface area contributed by atoms with Crippen molar-refractivity contribution in [3.8, 4) is 0 Å². The van der Waals surface area contributed by atoms with Crippen LogP contribution in [0.1, 0.15) is 20.7 Å². The number of carbonyl (C=O) groups is 2. The summed E-state index contributed by atoms with van der Waals surface area (Å²) in [5.41, 5.74) is 0.130. The van der Waals surface area contributed by atoms with Gasteiger partial charge in [-0.3, -0.25) is 0 Å². The predicted octanol–water partition coefficient (Wildman–Crippen LogP) is 0.415. The van der Waals surface area contributed by atoms with Crippen LogP contribution in [0.3, 0.4) is 0 Å². The average Bonchev–Trinajstić information content (AvgIpc) is 2.17. The van der Waals surface area contributed by atoms with Gasteiger partial charge in [0.05, 0.1) is 11.1 Å². The topological polar surface area (TPSA) is 89.6 Å². The largest absolute Gasteiger partial charge is 0.478 e. The summed E-state index contributed by atoms with van der Waals surface area (Å²) in [5.74, 6) is 2.77. The normalized spacial score (nSPS) is 9.31. The molecule has 0 unspecified atom stereocenters. The molecule has 0 aromatic heterocycles. The van der Waals surface area contributed by atoms with Crippen LogP contribution in [0.5, 0.6) is 0 Å². The van der Waals surface area contributed by atoms with E-state index in [9.17, 15) is 9.59 Å². The molecule has 0 saturated heterocycles. The number of hydrogen-bond acceptors (Lipinski definition) is 4. The van der Waals surface area contributed by atoms with Gasteiger partial charge in [-0.15, -0.1) is 0 Å². The summed E-state index contributed by atoms with van der Waals surface area (Å²) in [5, 5.41) is 8.58. The van der Waals surface area contributed by atoms with Crippen molar-refractivity contribution in [1.82, 2.24) is 0 Å². The van der Waals surface area contributed by atoms with Crippen LogP contribution < -0.4 is 5.90 Å². The molecule has 13 heavy (non-hydrogen) atoms. The van der Waals surface area contributed by atoms with Gasteiger partial charge in [0.15, 0.2) is 0 Å². The van der Waals surface area contributed by atoms with Crippen molar-refractivity contribution in [2.24, 2.45) is 5.90 Å². The lowest BCUT2D eigenvalue weighted by molar-refractivity contribution is 0.0503. The highest BCUT2D eigenvalue weighted by atomic mass is 16.7. The molecule has 0 fully saturated rings. The fraction of sp³-hybridized carbons (Fsp3) is 0. The molecule has 0 radical (unpaired) electrons. The van der Waals surface area contributed by atoms with Crippen molar-refractivity contribution in [3.05, 3.63) is 35.4 Å². The number of benzene rings is 1. The first-order chi connectivity index (χ1) is 6.15. The van der Waals surface area contributed by atoms with Gasteiger partial charge in [-0.25, -0.2) is 9.59 Å². The molecule has 5 heteroatoms. The fourth-order valence-electron chi connectivity index (χ4n) is 0.847. The summed E-state index contributed by atoms with van der Waals surface area (Å²) >= 11 is 0. The lowest BCUT2D eigenvalue weighted by atomic mass is 10.1. The van der Waals surface area contributed by atoms with Gasteiger partial charge in [0.25, 0.3) is 0 Å². The Balaban J connectivity index is 3.05. The summed E-state index contributed by atoms with van der Waals surface area (Å²) in [7, 11) is 0. The second-order valence-corrected chi connectivity index (χ2v) is 2.29. The molecule has 0 saturated carbocycles. The first kappa shape index (κ1) is 9.21. The van der Waals surface area contributed by atoms with E-state index >= 15 is 0 Å². The van der Waals surface area contributed by atoms with E-state index in [0.717, 1.165) is 0 Å². The molecule has 0 aliphatic carbocycles. The van der Waals surface area contributed by atoms with Crippen LogP contribution in [0, 0.1) is 0 Å². The molecule has 3 N–H and O–H groups in total. The van der Waals surface area contributed by atoms with Gasteiger partial charge < -0.3 is 9.94 Å². The van der Waals surface area contributed by atoms with Crippen LogP contribution in [0.25, 0.3) is 0 Å². The third-order valence-electron chi connectivity index (χ3n) is 1.45. The zero-order valence-electron chi connectivity index (χ0n) is 6.56. The third-order valence-corrected chi connectivity index (χ3v) is 1.45. The monoisotopic (exact) mass is 181 g/mol. The third kappa shape index (κ3) is 2.03. The minimum atomic E-state index is -1.10. The van der Waals surface area contributed by atoms with E-state index in [4.69, 9.17) is 5.11 Å². The van der Waals surface area contributed by atoms with Gasteiger partial charge in [-0.05, 0) is 18.2 Å². The van der Waals surface area contributed by atoms with E-state index in [1.807, 2.05) is 0 Å². The van der Waals surface area contributed by atoms with Crippen LogP contribution in [0.2, 0.25) is 0 Å². The summed E-state index contributed by atoms with van der Waals surface area (Å²) in [6.45, 7) is 0. The highest BCUT2D eigenvalue weighted by molar-refractivity contribution is 5.94. The highest BCUT2D eigenvalue weighted by Gasteiger charge is 2.09. The molecular weight excluding hydrogens is 174 g/mol. The number of aromatic carboxylic acids is 1. The Morgan fingerprint density at radius 3 is 2.46 bits per heavy atom. The molecule has 0 aliphatic heterocycles. The molecule has 1 aromatic rings. The molecule has 0 bridgehead atoms. The zero-order valence-corrected chi connectivity index (χ0v) is 6.56. The van der Waals surface area contributed by atoms with E-state index in [0.29, 0.717) is 0 Å². The van der Waals surface area contributed by atoms with Crippen LogP contribution in [-0.4, -0.2) is 17.0 Å². The average molecular weight is 181 g/mol. The molecule has 1 aromatic carbocycles. The van der Waals surface area contributed by atoms with E-state index in [1.54, 1.807) is 0 Å². The number of carbonyl (C=O) groups excluding carboxylic acids is 1. The molecule has 68 valence electrons. The molecule has 0 aliphatic rings. The minimum Gasteiger partial charge on any atom is -0.478 e. The van der Waals surface area contributed by atoms with Crippen molar-refractivity contribution >= 4 is 11.9 Å². The maximum absolute atomic E-state index is 10.8. The zero-order chi connectivity index (χ0) is 9.84.